The van der Waals surface area contributed by atoms with E-state index in [1.54, 1.807) is 12.4 Å². The van der Waals surface area contributed by atoms with Crippen molar-refractivity contribution in [1.29, 1.82) is 0 Å². The van der Waals surface area contributed by atoms with Crippen LogP contribution in [0, 0.1) is 0 Å². The molecular formula is C24H28N2O. The standard InChI is InChI=1S/C24H28N2O/c1-3-5-6-16-27-24-18-25-23(17-26-24)22-14-12-21(13-15-22)20-10-8-19(7-4-2)9-11-20/h8-15,17-18H,3-7,16H2,1-2H3. The average Bonchev–Trinajstić information content (AvgIpc) is 2.73. The van der Waals surface area contributed by atoms with Gasteiger partial charge in [0.2, 0.25) is 5.88 Å². The van der Waals surface area contributed by atoms with Gasteiger partial charge in [-0.05, 0) is 29.5 Å². The summed E-state index contributed by atoms with van der Waals surface area (Å²) in [4.78, 5) is 8.87. The van der Waals surface area contributed by atoms with E-state index in [1.807, 2.05) is 0 Å². The number of hydrogen-bond acceptors (Lipinski definition) is 3. The van der Waals surface area contributed by atoms with Gasteiger partial charge in [-0.2, -0.15) is 0 Å². The van der Waals surface area contributed by atoms with E-state index < -0.39 is 0 Å². The zero-order valence-corrected chi connectivity index (χ0v) is 16.3. The lowest BCUT2D eigenvalue weighted by atomic mass is 10.0. The topological polar surface area (TPSA) is 35.0 Å². The van der Waals surface area contributed by atoms with E-state index >= 15 is 0 Å². The van der Waals surface area contributed by atoms with Gasteiger partial charge < -0.3 is 4.74 Å². The molecule has 140 valence electrons. The molecule has 0 atom stereocenters. The van der Waals surface area contributed by atoms with Crippen molar-refractivity contribution < 1.29 is 4.74 Å². The van der Waals surface area contributed by atoms with Crippen molar-refractivity contribution in [3.8, 4) is 28.3 Å². The quantitative estimate of drug-likeness (QED) is 0.418. The van der Waals surface area contributed by atoms with Crippen molar-refractivity contribution in [2.24, 2.45) is 0 Å². The highest BCUT2D eigenvalue weighted by Crippen LogP contribution is 2.24. The first-order valence-electron chi connectivity index (χ1n) is 9.94. The molecule has 0 fully saturated rings. The Morgan fingerprint density at radius 2 is 1.37 bits per heavy atom. The fourth-order valence-corrected chi connectivity index (χ4v) is 3.05. The molecule has 0 bridgehead atoms. The number of unbranched alkanes of at least 4 members (excludes halogenated alkanes) is 2. The number of hydrogen-bond donors (Lipinski definition) is 0. The van der Waals surface area contributed by atoms with E-state index in [4.69, 9.17) is 4.74 Å². The van der Waals surface area contributed by atoms with E-state index in [0.717, 1.165) is 24.1 Å². The van der Waals surface area contributed by atoms with Gasteiger partial charge in [0.15, 0.2) is 0 Å². The Hall–Kier alpha value is -2.68. The lowest BCUT2D eigenvalue weighted by Crippen LogP contribution is -1.99. The highest BCUT2D eigenvalue weighted by molar-refractivity contribution is 5.68. The normalized spacial score (nSPS) is 10.7. The fraction of sp³-hybridized carbons (Fsp3) is 0.333. The largest absolute Gasteiger partial charge is 0.477 e. The number of aromatic nitrogens is 2. The third kappa shape index (κ3) is 5.40. The molecule has 1 heterocycles. The molecule has 0 aliphatic rings. The van der Waals surface area contributed by atoms with Crippen molar-refractivity contribution in [3.63, 3.8) is 0 Å². The number of aryl methyl sites for hydroxylation is 1. The SMILES string of the molecule is CCCCCOc1cnc(-c2ccc(-c3ccc(CCC)cc3)cc2)cn1. The average molecular weight is 361 g/mol. The molecular weight excluding hydrogens is 332 g/mol. The summed E-state index contributed by atoms with van der Waals surface area (Å²) in [5.41, 5.74) is 5.77. The number of ether oxygens (including phenoxy) is 1. The lowest BCUT2D eigenvalue weighted by molar-refractivity contribution is 0.293. The predicted molar refractivity (Wildman–Crippen MR) is 112 cm³/mol. The van der Waals surface area contributed by atoms with E-state index in [2.05, 4.69) is 72.3 Å². The Morgan fingerprint density at radius 1 is 0.704 bits per heavy atom. The van der Waals surface area contributed by atoms with Crippen LogP contribution in [0.4, 0.5) is 0 Å². The molecule has 3 rings (SSSR count). The molecule has 3 aromatic rings. The summed E-state index contributed by atoms with van der Waals surface area (Å²) in [6.07, 6.45) is 9.23. The molecule has 0 unspecified atom stereocenters. The molecule has 0 spiro atoms. The first kappa shape index (κ1) is 19.1. The molecule has 0 saturated carbocycles. The summed E-state index contributed by atoms with van der Waals surface area (Å²) in [5.74, 6) is 0.596. The van der Waals surface area contributed by atoms with Crippen LogP contribution in [-0.4, -0.2) is 16.6 Å². The van der Waals surface area contributed by atoms with Gasteiger partial charge in [0.05, 0.1) is 24.7 Å². The van der Waals surface area contributed by atoms with Gasteiger partial charge in [0.25, 0.3) is 0 Å². The smallest absolute Gasteiger partial charge is 0.232 e. The molecule has 3 heteroatoms. The van der Waals surface area contributed by atoms with Crippen LogP contribution < -0.4 is 4.74 Å². The fourth-order valence-electron chi connectivity index (χ4n) is 3.05. The van der Waals surface area contributed by atoms with Gasteiger partial charge in [0, 0.05) is 5.56 Å². The molecule has 1 aromatic heterocycles. The van der Waals surface area contributed by atoms with Crippen molar-refractivity contribution in [1.82, 2.24) is 9.97 Å². The highest BCUT2D eigenvalue weighted by atomic mass is 16.5. The summed E-state index contributed by atoms with van der Waals surface area (Å²) in [7, 11) is 0. The van der Waals surface area contributed by atoms with Crippen LogP contribution in [0.3, 0.4) is 0 Å². The Labute approximate surface area is 162 Å². The molecule has 2 aromatic carbocycles. The Balaban J connectivity index is 1.64. The Morgan fingerprint density at radius 3 is 1.96 bits per heavy atom. The summed E-state index contributed by atoms with van der Waals surface area (Å²) in [6.45, 7) is 5.09. The number of rotatable bonds is 9. The maximum atomic E-state index is 5.63. The van der Waals surface area contributed by atoms with Crippen molar-refractivity contribution in [2.75, 3.05) is 6.61 Å². The molecule has 0 aliphatic heterocycles. The van der Waals surface area contributed by atoms with Gasteiger partial charge in [-0.1, -0.05) is 81.6 Å². The molecule has 0 amide bonds. The summed E-state index contributed by atoms with van der Waals surface area (Å²) in [5, 5.41) is 0. The molecule has 0 aliphatic carbocycles. The van der Waals surface area contributed by atoms with Gasteiger partial charge in [0.1, 0.15) is 0 Å². The maximum absolute atomic E-state index is 5.63. The van der Waals surface area contributed by atoms with Crippen LogP contribution in [0.25, 0.3) is 22.4 Å². The van der Waals surface area contributed by atoms with Crippen LogP contribution in [0.1, 0.15) is 45.1 Å². The molecule has 0 saturated heterocycles. The van der Waals surface area contributed by atoms with Crippen LogP contribution in [-0.2, 0) is 6.42 Å². The Bertz CT molecular complexity index is 809. The predicted octanol–water partition coefficient (Wildman–Crippen LogP) is 6.33. The molecule has 3 nitrogen and oxygen atoms in total. The summed E-state index contributed by atoms with van der Waals surface area (Å²) >= 11 is 0. The van der Waals surface area contributed by atoms with E-state index in [-0.39, 0.29) is 0 Å². The third-order valence-electron chi connectivity index (χ3n) is 4.63. The second kappa shape index (κ2) is 9.86. The van der Waals surface area contributed by atoms with E-state index in [9.17, 15) is 0 Å². The minimum atomic E-state index is 0.596. The van der Waals surface area contributed by atoms with Crippen LogP contribution in [0.2, 0.25) is 0 Å². The second-order valence-corrected chi connectivity index (χ2v) is 6.82. The van der Waals surface area contributed by atoms with Crippen LogP contribution in [0.15, 0.2) is 60.9 Å². The van der Waals surface area contributed by atoms with Crippen molar-refractivity contribution >= 4 is 0 Å². The van der Waals surface area contributed by atoms with Gasteiger partial charge in [-0.25, -0.2) is 9.97 Å². The van der Waals surface area contributed by atoms with E-state index in [1.165, 1.54) is 36.0 Å². The highest BCUT2D eigenvalue weighted by Gasteiger charge is 2.04. The van der Waals surface area contributed by atoms with Gasteiger partial charge in [-0.3, -0.25) is 0 Å². The summed E-state index contributed by atoms with van der Waals surface area (Å²) in [6, 6.07) is 17.3. The van der Waals surface area contributed by atoms with Gasteiger partial charge in [-0.15, -0.1) is 0 Å². The minimum Gasteiger partial charge on any atom is -0.477 e. The Kier molecular flexibility index (Phi) is 6.97. The maximum Gasteiger partial charge on any atom is 0.232 e. The molecule has 0 radical (unpaired) electrons. The minimum absolute atomic E-state index is 0.596. The second-order valence-electron chi connectivity index (χ2n) is 6.82. The van der Waals surface area contributed by atoms with Crippen LogP contribution in [0.5, 0.6) is 5.88 Å². The first-order chi connectivity index (χ1) is 13.3. The zero-order chi connectivity index (χ0) is 18.9. The summed E-state index contributed by atoms with van der Waals surface area (Å²) < 4.78 is 5.63. The van der Waals surface area contributed by atoms with Gasteiger partial charge >= 0.3 is 0 Å². The first-order valence-corrected chi connectivity index (χ1v) is 9.94. The van der Waals surface area contributed by atoms with Crippen molar-refractivity contribution in [2.45, 2.75) is 46.0 Å². The number of nitrogens with zero attached hydrogens (tertiary/aromatic N) is 2. The lowest BCUT2D eigenvalue weighted by Gasteiger charge is -2.07. The zero-order valence-electron chi connectivity index (χ0n) is 16.3. The molecule has 0 N–H and O–H groups in total. The van der Waals surface area contributed by atoms with Crippen LogP contribution >= 0.6 is 0 Å². The number of benzene rings is 2. The molecule has 27 heavy (non-hydrogen) atoms. The monoisotopic (exact) mass is 360 g/mol. The third-order valence-corrected chi connectivity index (χ3v) is 4.63. The van der Waals surface area contributed by atoms with E-state index in [0.29, 0.717) is 12.5 Å². The van der Waals surface area contributed by atoms with Crippen molar-refractivity contribution in [3.05, 3.63) is 66.5 Å².